The van der Waals surface area contributed by atoms with E-state index in [1.165, 1.54) is 16.7 Å². The molecule has 1 aliphatic carbocycles. The van der Waals surface area contributed by atoms with E-state index in [1.807, 2.05) is 32.9 Å². The molecule has 0 aliphatic heterocycles. The summed E-state index contributed by atoms with van der Waals surface area (Å²) >= 11 is -0.556. The van der Waals surface area contributed by atoms with Crippen LogP contribution in [0.1, 0.15) is 44.4 Å². The fourth-order valence-corrected chi connectivity index (χ4v) is 2.33. The van der Waals surface area contributed by atoms with Gasteiger partial charge in [-0.15, -0.1) is 5.54 Å². The van der Waals surface area contributed by atoms with Crippen molar-refractivity contribution in [1.29, 1.82) is 0 Å². The summed E-state index contributed by atoms with van der Waals surface area (Å²) in [5.41, 5.74) is 4.72. The number of rotatable bonds is 2. The first kappa shape index (κ1) is 18.8. The molecule has 0 atom stereocenters. The summed E-state index contributed by atoms with van der Waals surface area (Å²) in [5, 5.41) is 4.19. The van der Waals surface area contributed by atoms with Crippen molar-refractivity contribution in [3.63, 3.8) is 0 Å². The first-order valence-corrected chi connectivity index (χ1v) is 11.1. The zero-order valence-corrected chi connectivity index (χ0v) is 15.9. The van der Waals surface area contributed by atoms with E-state index < -0.39 is 17.0 Å². The second-order valence-corrected chi connectivity index (χ2v) is 8.66. The quantitative estimate of drug-likeness (QED) is 0.661. The van der Waals surface area contributed by atoms with Crippen LogP contribution in [0, 0.1) is 0 Å². The van der Waals surface area contributed by atoms with E-state index in [0.29, 0.717) is 6.42 Å². The van der Waals surface area contributed by atoms with Crippen LogP contribution in [-0.2, 0) is 34.7 Å². The van der Waals surface area contributed by atoms with Crippen molar-refractivity contribution in [3.05, 3.63) is 45.8 Å². The Labute approximate surface area is 144 Å². The summed E-state index contributed by atoms with van der Waals surface area (Å²) in [6, 6.07) is 6.20. The first-order chi connectivity index (χ1) is 9.76. The van der Waals surface area contributed by atoms with E-state index in [-0.39, 0.29) is 11.4 Å². The van der Waals surface area contributed by atoms with Crippen LogP contribution in [0.4, 0.5) is 0 Å². The molecule has 0 fully saturated rings. The van der Waals surface area contributed by atoms with Gasteiger partial charge in [0, 0.05) is 6.42 Å². The standard InChI is InChI=1S/C16H21NO.2ClH.Ti/c1-11-8-12-6-5-7-13(14(12)9-11)10-15(18)17-16(2,3)4;;;/h5-7,9H,8,10H2,1-4H3,(H,17,18);2*1H;/q;;;+2/p-3. The topological polar surface area (TPSA) is 31.2 Å². The normalized spacial score (nSPS) is 12.8. The molecule has 0 heterocycles. The van der Waals surface area contributed by atoms with Gasteiger partial charge in [0.2, 0.25) is 0 Å². The zero-order valence-electron chi connectivity index (χ0n) is 12.8. The predicted octanol–water partition coefficient (Wildman–Crippen LogP) is 5.26. The maximum atomic E-state index is 11.9. The van der Waals surface area contributed by atoms with Crippen molar-refractivity contribution < 1.29 is 21.8 Å². The molecule has 0 bridgehead atoms. The van der Waals surface area contributed by atoms with Gasteiger partial charge in [-0.2, -0.15) is 0 Å². The number of amides is 1. The molecular weight excluding hydrogens is 341 g/mol. The third-order valence-electron chi connectivity index (χ3n) is 2.95. The summed E-state index contributed by atoms with van der Waals surface area (Å²) in [5.74, 6) is -0.0335. The van der Waals surface area contributed by atoms with Crippen molar-refractivity contribution in [3.8, 4) is 0 Å². The second kappa shape index (κ2) is 8.38. The van der Waals surface area contributed by atoms with Crippen LogP contribution in [0.3, 0.4) is 0 Å². The number of hydrogen-bond donors (Lipinski definition) is 0. The van der Waals surface area contributed by atoms with Crippen LogP contribution in [0.5, 0.6) is 0 Å². The Morgan fingerprint density at radius 2 is 1.95 bits per heavy atom. The van der Waals surface area contributed by atoms with Gasteiger partial charge < -0.3 is 10.1 Å². The number of hydrogen-bond acceptors (Lipinski definition) is 1. The fraction of sp³-hybridized carbons (Fsp3) is 0.438. The molecule has 0 N–H and O–H groups in total. The maximum absolute atomic E-state index is 11.9. The molecular formula is C16H20Cl2NOTi-. The molecule has 2 rings (SSSR count). The number of carbonyl (C=O) groups is 1. The molecule has 1 aliphatic rings. The second-order valence-electron chi connectivity index (χ2n) is 6.08. The van der Waals surface area contributed by atoms with Gasteiger partial charge >= 0.3 is 35.6 Å². The Balaban J connectivity index is 0.000000677. The molecule has 0 saturated heterocycles. The summed E-state index contributed by atoms with van der Waals surface area (Å²) in [6.45, 7) is 7.98. The van der Waals surface area contributed by atoms with E-state index in [0.717, 1.165) is 12.0 Å². The van der Waals surface area contributed by atoms with E-state index in [4.69, 9.17) is 18.6 Å². The SMILES string of the molecule is CC1=Cc2c(CC(=O)[N-]C(C)(C)C)cccc2C1.[Cl][Ti][Cl]. The van der Waals surface area contributed by atoms with Crippen molar-refractivity contribution in [1.82, 2.24) is 0 Å². The molecule has 0 saturated carbocycles. The van der Waals surface area contributed by atoms with E-state index >= 15 is 0 Å². The molecule has 5 heteroatoms. The Kier molecular flexibility index (Phi) is 7.49. The molecule has 0 unspecified atom stereocenters. The van der Waals surface area contributed by atoms with Crippen molar-refractivity contribution in [2.75, 3.05) is 0 Å². The van der Waals surface area contributed by atoms with Gasteiger partial charge in [0.25, 0.3) is 0 Å². The Morgan fingerprint density at radius 1 is 1.33 bits per heavy atom. The number of nitrogens with zero attached hydrogens (tertiary/aromatic N) is 1. The van der Waals surface area contributed by atoms with Gasteiger partial charge in [0.15, 0.2) is 0 Å². The minimum absolute atomic E-state index is 0.0335. The number of halogens is 2. The summed E-state index contributed by atoms with van der Waals surface area (Å²) in [4.78, 5) is 11.9. The van der Waals surface area contributed by atoms with Crippen molar-refractivity contribution in [2.45, 2.75) is 46.1 Å². The molecule has 0 radical (unpaired) electrons. The van der Waals surface area contributed by atoms with Crippen LogP contribution in [0.15, 0.2) is 23.8 Å². The number of carbonyl (C=O) groups excluding carboxylic acids is 1. The van der Waals surface area contributed by atoms with Gasteiger partial charge in [-0.05, 0) is 30.0 Å². The van der Waals surface area contributed by atoms with Crippen molar-refractivity contribution in [2.24, 2.45) is 0 Å². The molecule has 1 aromatic rings. The Morgan fingerprint density at radius 3 is 2.52 bits per heavy atom. The van der Waals surface area contributed by atoms with E-state index in [2.05, 4.69) is 24.4 Å². The van der Waals surface area contributed by atoms with Crippen LogP contribution >= 0.6 is 18.6 Å². The summed E-state index contributed by atoms with van der Waals surface area (Å²) in [7, 11) is 9.78. The fourth-order valence-electron chi connectivity index (χ4n) is 2.33. The first-order valence-electron chi connectivity index (χ1n) is 6.76. The summed E-state index contributed by atoms with van der Waals surface area (Å²) in [6.07, 6.45) is 3.60. The Bertz CT molecular complexity index is 536. The molecule has 1 aromatic carbocycles. The number of allylic oxidation sites excluding steroid dienone is 1. The molecule has 1 amide bonds. The molecule has 0 spiro atoms. The Hall–Kier alpha value is -0.276. The van der Waals surface area contributed by atoms with E-state index in [9.17, 15) is 4.79 Å². The number of fused-ring (bicyclic) bond motifs is 1. The predicted molar refractivity (Wildman–Crippen MR) is 87.3 cm³/mol. The van der Waals surface area contributed by atoms with Crippen molar-refractivity contribution >= 4 is 30.6 Å². The molecule has 21 heavy (non-hydrogen) atoms. The van der Waals surface area contributed by atoms with Gasteiger partial charge in [0.05, 0.1) is 5.91 Å². The average Bonchev–Trinajstić information content (AvgIpc) is 2.69. The van der Waals surface area contributed by atoms with Crippen LogP contribution in [0.2, 0.25) is 0 Å². The van der Waals surface area contributed by atoms with Gasteiger partial charge in [-0.1, -0.05) is 50.6 Å². The molecule has 0 aromatic heterocycles. The van der Waals surface area contributed by atoms with Gasteiger partial charge in [-0.3, -0.25) is 0 Å². The third-order valence-corrected chi connectivity index (χ3v) is 2.95. The van der Waals surface area contributed by atoms with E-state index in [1.54, 1.807) is 0 Å². The van der Waals surface area contributed by atoms with Crippen LogP contribution in [-0.4, -0.2) is 11.4 Å². The monoisotopic (exact) mass is 360 g/mol. The third kappa shape index (κ3) is 6.56. The minimum atomic E-state index is -0.556. The van der Waals surface area contributed by atoms with Crippen LogP contribution in [0.25, 0.3) is 11.4 Å². The zero-order chi connectivity index (χ0) is 16.0. The molecule has 114 valence electrons. The van der Waals surface area contributed by atoms with Gasteiger partial charge in [0.1, 0.15) is 0 Å². The van der Waals surface area contributed by atoms with Gasteiger partial charge in [-0.25, -0.2) is 0 Å². The summed E-state index contributed by atoms with van der Waals surface area (Å²) < 4.78 is 0. The average molecular weight is 361 g/mol. The molecule has 2 nitrogen and oxygen atoms in total. The van der Waals surface area contributed by atoms with Crippen LogP contribution < -0.4 is 0 Å². The number of benzene rings is 1.